The van der Waals surface area contributed by atoms with E-state index in [1.54, 1.807) is 0 Å². The van der Waals surface area contributed by atoms with Crippen LogP contribution in [0.1, 0.15) is 57.7 Å². The van der Waals surface area contributed by atoms with Crippen LogP contribution in [0.15, 0.2) is 12.7 Å². The second kappa shape index (κ2) is 8.11. The molecule has 112 valence electrons. The number of hydrogen-bond donors (Lipinski definition) is 2. The van der Waals surface area contributed by atoms with E-state index >= 15 is 0 Å². The Labute approximate surface area is 123 Å². The zero-order valence-corrected chi connectivity index (χ0v) is 13.5. The van der Waals surface area contributed by atoms with Crippen molar-refractivity contribution in [1.29, 1.82) is 0 Å². The van der Waals surface area contributed by atoms with Crippen LogP contribution in [-0.4, -0.2) is 11.5 Å². The summed E-state index contributed by atoms with van der Waals surface area (Å²) in [6.07, 6.45) is 9.63. The minimum absolute atomic E-state index is 0.614. The molecule has 3 N–H and O–H groups in total. The third-order valence-corrected chi connectivity index (χ3v) is 3.93. The molecule has 1 aromatic rings. The van der Waals surface area contributed by atoms with Crippen molar-refractivity contribution in [3.63, 3.8) is 0 Å². The van der Waals surface area contributed by atoms with Gasteiger partial charge in [0.05, 0.1) is 0 Å². The van der Waals surface area contributed by atoms with Crippen LogP contribution in [0.25, 0.3) is 12.2 Å². The first-order valence-corrected chi connectivity index (χ1v) is 7.91. The number of aromatic amines is 1. The van der Waals surface area contributed by atoms with Crippen molar-refractivity contribution in [3.05, 3.63) is 34.5 Å². The minimum atomic E-state index is 0.614. The van der Waals surface area contributed by atoms with E-state index in [4.69, 9.17) is 5.73 Å². The van der Waals surface area contributed by atoms with Crippen LogP contribution in [0.4, 0.5) is 0 Å². The maximum Gasteiger partial charge on any atom is 0.0455 e. The summed E-state index contributed by atoms with van der Waals surface area (Å²) in [5.41, 5.74) is 8.69. The number of nitrogens with two attached hydrogens (primary N) is 1. The summed E-state index contributed by atoms with van der Waals surface area (Å²) >= 11 is 0. The quantitative estimate of drug-likeness (QED) is 0.874. The molecule has 0 saturated heterocycles. The number of H-pyrrole nitrogens is 1. The van der Waals surface area contributed by atoms with Crippen LogP contribution < -0.4 is 16.3 Å². The molecular formula is C18H30N2. The van der Waals surface area contributed by atoms with Crippen molar-refractivity contribution >= 4 is 12.2 Å². The first kappa shape index (κ1) is 16.8. The van der Waals surface area contributed by atoms with Gasteiger partial charge in [0.25, 0.3) is 0 Å². The molecule has 2 rings (SSSR count). The highest BCUT2D eigenvalue weighted by Gasteiger charge is 2.26. The Hall–Kier alpha value is -1.28. The fourth-order valence-corrected chi connectivity index (χ4v) is 3.29. The Balaban J connectivity index is 0.000000956. The summed E-state index contributed by atoms with van der Waals surface area (Å²) < 4.78 is 0. The number of nitrogens with one attached hydrogen (secondary N) is 1. The zero-order chi connectivity index (χ0) is 15.1. The van der Waals surface area contributed by atoms with Crippen LogP contribution in [0, 0.1) is 5.92 Å². The smallest absolute Gasteiger partial charge is 0.0455 e. The maximum atomic E-state index is 5.77. The fraction of sp³-hybridized carbons (Fsp3) is 0.556. The van der Waals surface area contributed by atoms with E-state index in [1.807, 2.05) is 19.9 Å². The third kappa shape index (κ3) is 3.43. The van der Waals surface area contributed by atoms with E-state index in [2.05, 4.69) is 37.6 Å². The number of hydrogen-bond acceptors (Lipinski definition) is 1. The molecule has 1 aliphatic rings. The average molecular weight is 274 g/mol. The maximum absolute atomic E-state index is 5.77. The first-order chi connectivity index (χ1) is 9.71. The van der Waals surface area contributed by atoms with Crippen molar-refractivity contribution in [1.82, 2.24) is 4.98 Å². The molecule has 2 nitrogen and oxygen atoms in total. The van der Waals surface area contributed by atoms with Crippen molar-refractivity contribution in [2.75, 3.05) is 6.54 Å². The molecule has 0 unspecified atom stereocenters. The number of allylic oxidation sites excluding steroid dienone is 1. The number of aromatic nitrogens is 1. The monoisotopic (exact) mass is 274 g/mol. The molecule has 20 heavy (non-hydrogen) atoms. The van der Waals surface area contributed by atoms with Crippen molar-refractivity contribution in [2.24, 2.45) is 11.7 Å². The van der Waals surface area contributed by atoms with E-state index in [0.717, 1.165) is 25.3 Å². The van der Waals surface area contributed by atoms with Crippen molar-refractivity contribution < 1.29 is 0 Å². The lowest BCUT2D eigenvalue weighted by molar-refractivity contribution is 0.414. The van der Waals surface area contributed by atoms with Gasteiger partial charge in [0.15, 0.2) is 0 Å². The van der Waals surface area contributed by atoms with Gasteiger partial charge in [0.1, 0.15) is 0 Å². The van der Waals surface area contributed by atoms with Gasteiger partial charge in [-0.05, 0) is 61.4 Å². The summed E-state index contributed by atoms with van der Waals surface area (Å²) in [5, 5.41) is 2.56. The van der Waals surface area contributed by atoms with Crippen LogP contribution in [-0.2, 0) is 6.42 Å². The van der Waals surface area contributed by atoms with E-state index in [0.29, 0.717) is 5.92 Å². The molecule has 1 heterocycles. The average Bonchev–Trinajstić information content (AvgIpc) is 2.79. The lowest BCUT2D eigenvalue weighted by Crippen LogP contribution is -2.28. The van der Waals surface area contributed by atoms with Crippen LogP contribution in [0.3, 0.4) is 0 Å². The van der Waals surface area contributed by atoms with E-state index in [-0.39, 0.29) is 0 Å². The molecule has 0 amide bonds. The van der Waals surface area contributed by atoms with Crippen LogP contribution in [0.5, 0.6) is 0 Å². The Bertz CT molecular complexity index is 536. The van der Waals surface area contributed by atoms with E-state index in [1.165, 1.54) is 28.2 Å². The fourth-order valence-electron chi connectivity index (χ4n) is 3.29. The highest BCUT2D eigenvalue weighted by atomic mass is 14.7. The molecule has 0 aromatic carbocycles. The third-order valence-electron chi connectivity index (χ3n) is 3.93. The molecule has 2 heteroatoms. The molecule has 0 aliphatic heterocycles. The second-order valence-electron chi connectivity index (χ2n) is 5.35. The molecule has 0 radical (unpaired) electrons. The van der Waals surface area contributed by atoms with Gasteiger partial charge < -0.3 is 10.7 Å². The summed E-state index contributed by atoms with van der Waals surface area (Å²) in [5.74, 6) is 1.36. The van der Waals surface area contributed by atoms with Crippen molar-refractivity contribution in [2.45, 2.75) is 52.9 Å². The zero-order valence-electron chi connectivity index (χ0n) is 13.5. The summed E-state index contributed by atoms with van der Waals surface area (Å²) in [6, 6.07) is 0. The number of fused-ring (bicyclic) bond motifs is 1. The standard InChI is InChI=1S/C16H24N2.C2H6/c1-4-6-14-13(5-2)16-12(7-8-17)9-11(3)10-15(16)18-14;1-2/h4-6,11-12,18H,1,7-10,17H2,2-3H3;1-2H3/b13-5+,14-6+;/t11-,12+;/m1./s1. The molecule has 1 aromatic heterocycles. The summed E-state index contributed by atoms with van der Waals surface area (Å²) in [6.45, 7) is 13.0. The predicted molar refractivity (Wildman–Crippen MR) is 90.1 cm³/mol. The second-order valence-corrected chi connectivity index (χ2v) is 5.35. The van der Waals surface area contributed by atoms with Gasteiger partial charge in [-0.2, -0.15) is 0 Å². The van der Waals surface area contributed by atoms with Crippen LogP contribution >= 0.6 is 0 Å². The Morgan fingerprint density at radius 2 is 2.10 bits per heavy atom. The SMILES string of the molecule is C=C/C=c1/[nH]c2c(/c1=C/C)[C@@H](CCN)C[C@@H](C)C2.CC. The van der Waals surface area contributed by atoms with Gasteiger partial charge in [-0.1, -0.05) is 39.5 Å². The first-order valence-electron chi connectivity index (χ1n) is 7.91. The molecule has 1 aliphatic carbocycles. The number of rotatable bonds is 3. The van der Waals surface area contributed by atoms with Gasteiger partial charge in [0, 0.05) is 11.0 Å². The molecule has 0 fully saturated rings. The van der Waals surface area contributed by atoms with E-state index < -0.39 is 0 Å². The Morgan fingerprint density at radius 1 is 1.40 bits per heavy atom. The minimum Gasteiger partial charge on any atom is -0.358 e. The van der Waals surface area contributed by atoms with Gasteiger partial charge in [-0.3, -0.25) is 0 Å². The predicted octanol–water partition coefficient (Wildman–Crippen LogP) is 2.82. The Morgan fingerprint density at radius 3 is 2.65 bits per heavy atom. The highest BCUT2D eigenvalue weighted by Crippen LogP contribution is 2.33. The van der Waals surface area contributed by atoms with Gasteiger partial charge >= 0.3 is 0 Å². The normalized spacial score (nSPS) is 23.1. The molecule has 2 atom stereocenters. The lowest BCUT2D eigenvalue weighted by Gasteiger charge is -2.27. The Kier molecular flexibility index (Phi) is 6.80. The summed E-state index contributed by atoms with van der Waals surface area (Å²) in [4.78, 5) is 3.57. The largest absolute Gasteiger partial charge is 0.358 e. The lowest BCUT2D eigenvalue weighted by atomic mass is 9.78. The topological polar surface area (TPSA) is 41.8 Å². The van der Waals surface area contributed by atoms with Gasteiger partial charge in [0.2, 0.25) is 0 Å². The molecule has 0 bridgehead atoms. The molecular weight excluding hydrogens is 244 g/mol. The van der Waals surface area contributed by atoms with Gasteiger partial charge in [-0.15, -0.1) is 0 Å². The molecule has 0 spiro atoms. The molecule has 0 saturated carbocycles. The highest BCUT2D eigenvalue weighted by molar-refractivity contribution is 5.43. The van der Waals surface area contributed by atoms with Gasteiger partial charge in [-0.25, -0.2) is 0 Å². The van der Waals surface area contributed by atoms with Crippen molar-refractivity contribution in [3.8, 4) is 0 Å². The van der Waals surface area contributed by atoms with E-state index in [9.17, 15) is 0 Å². The van der Waals surface area contributed by atoms with Crippen LogP contribution in [0.2, 0.25) is 0 Å². The summed E-state index contributed by atoms with van der Waals surface area (Å²) in [7, 11) is 0.